The predicted octanol–water partition coefficient (Wildman–Crippen LogP) is 5.89. The van der Waals surface area contributed by atoms with Gasteiger partial charge in [-0.05, 0) is 35.6 Å². The zero-order chi connectivity index (χ0) is 17.4. The Morgan fingerprint density at radius 1 is 0.739 bits per heavy atom. The van der Waals surface area contributed by atoms with E-state index in [2.05, 4.69) is 48.1 Å². The number of rotatable bonds is 2. The van der Waals surface area contributed by atoms with Gasteiger partial charge in [-0.25, -0.2) is 0 Å². The van der Waals surface area contributed by atoms with Crippen molar-refractivity contribution in [3.63, 3.8) is 0 Å². The van der Waals surface area contributed by atoms with Crippen molar-refractivity contribution in [2.75, 3.05) is 0 Å². The zero-order valence-corrected chi connectivity index (χ0v) is 15.4. The highest BCUT2D eigenvalue weighted by atomic mass is 15.1. The standard InChI is InChI=1S/2C7H10N2.2C2H6.CH4/c1-6(2)7-3-4-8-9-5-7;1-6(2)7-4-3-5-8-9-7;2*1-2;/h2*3-6H,1-2H3;2*1-2H3;1H4. The Morgan fingerprint density at radius 2 is 1.35 bits per heavy atom. The van der Waals surface area contributed by atoms with Crippen molar-refractivity contribution in [3.8, 4) is 0 Å². The Balaban J connectivity index is -0.000000276. The maximum absolute atomic E-state index is 3.93. The zero-order valence-electron chi connectivity index (χ0n) is 15.4. The first-order chi connectivity index (χ1) is 10.6. The molecule has 0 spiro atoms. The van der Waals surface area contributed by atoms with Gasteiger partial charge < -0.3 is 0 Å². The molecule has 4 heteroatoms. The lowest BCUT2D eigenvalue weighted by Crippen LogP contribution is -1.92. The van der Waals surface area contributed by atoms with Gasteiger partial charge >= 0.3 is 0 Å². The summed E-state index contributed by atoms with van der Waals surface area (Å²) in [6.07, 6.45) is 5.20. The third-order valence-electron chi connectivity index (χ3n) is 2.46. The van der Waals surface area contributed by atoms with Gasteiger partial charge in [-0.15, -0.1) is 0 Å². The van der Waals surface area contributed by atoms with Crippen LogP contribution in [0.5, 0.6) is 0 Å². The van der Waals surface area contributed by atoms with Crippen LogP contribution >= 0.6 is 0 Å². The van der Waals surface area contributed by atoms with Crippen molar-refractivity contribution >= 4 is 0 Å². The molecule has 132 valence electrons. The number of aromatic nitrogens is 4. The predicted molar refractivity (Wildman–Crippen MR) is 102 cm³/mol. The van der Waals surface area contributed by atoms with Gasteiger partial charge in [0.15, 0.2) is 0 Å². The lowest BCUT2D eigenvalue weighted by atomic mass is 10.1. The summed E-state index contributed by atoms with van der Waals surface area (Å²) < 4.78 is 0. The number of nitrogens with zero attached hydrogens (tertiary/aromatic N) is 4. The van der Waals surface area contributed by atoms with Crippen molar-refractivity contribution in [3.05, 3.63) is 48.0 Å². The van der Waals surface area contributed by atoms with Crippen LogP contribution in [0.4, 0.5) is 0 Å². The van der Waals surface area contributed by atoms with Crippen molar-refractivity contribution < 1.29 is 0 Å². The van der Waals surface area contributed by atoms with Crippen LogP contribution in [0.15, 0.2) is 36.8 Å². The highest BCUT2D eigenvalue weighted by molar-refractivity contribution is 5.09. The topological polar surface area (TPSA) is 51.6 Å². The molecule has 0 fully saturated rings. The number of hydrogen-bond acceptors (Lipinski definition) is 4. The van der Waals surface area contributed by atoms with E-state index in [1.807, 2.05) is 45.9 Å². The first-order valence-corrected chi connectivity index (χ1v) is 8.15. The molecule has 2 rings (SSSR count). The summed E-state index contributed by atoms with van der Waals surface area (Å²) in [5, 5.41) is 15.1. The molecule has 23 heavy (non-hydrogen) atoms. The van der Waals surface area contributed by atoms with Gasteiger partial charge in [0.2, 0.25) is 0 Å². The largest absolute Gasteiger partial charge is 0.159 e. The molecule has 0 aliphatic heterocycles. The summed E-state index contributed by atoms with van der Waals surface area (Å²) in [5.74, 6) is 1.04. The Bertz CT molecular complexity index is 384. The molecule has 0 unspecified atom stereocenters. The minimum absolute atomic E-state index is 0. The molecule has 0 aliphatic rings. The second-order valence-corrected chi connectivity index (χ2v) is 4.63. The van der Waals surface area contributed by atoms with Crippen LogP contribution in [0.1, 0.15) is 85.9 Å². The first-order valence-electron chi connectivity index (χ1n) is 8.15. The van der Waals surface area contributed by atoms with Crippen LogP contribution in [-0.2, 0) is 0 Å². The van der Waals surface area contributed by atoms with E-state index in [1.165, 1.54) is 5.56 Å². The summed E-state index contributed by atoms with van der Waals surface area (Å²) in [6.45, 7) is 16.5. The second-order valence-electron chi connectivity index (χ2n) is 4.63. The second kappa shape index (κ2) is 18.2. The molecule has 0 saturated carbocycles. The van der Waals surface area contributed by atoms with E-state index in [9.17, 15) is 0 Å². The van der Waals surface area contributed by atoms with E-state index in [-0.39, 0.29) is 7.43 Å². The SMILES string of the molecule is C.CC.CC.CC(C)c1cccnn1.CC(C)c1ccnnc1. The Kier molecular flexibility index (Phi) is 20.6. The summed E-state index contributed by atoms with van der Waals surface area (Å²) >= 11 is 0. The molecular weight excluding hydrogens is 284 g/mol. The van der Waals surface area contributed by atoms with Gasteiger partial charge in [0.05, 0.1) is 11.9 Å². The van der Waals surface area contributed by atoms with Crippen LogP contribution < -0.4 is 0 Å². The van der Waals surface area contributed by atoms with E-state index in [4.69, 9.17) is 0 Å². The van der Waals surface area contributed by atoms with E-state index < -0.39 is 0 Å². The molecule has 2 aromatic heterocycles. The third kappa shape index (κ3) is 13.5. The Hall–Kier alpha value is -1.84. The molecule has 4 nitrogen and oxygen atoms in total. The molecule has 0 N–H and O–H groups in total. The minimum atomic E-state index is 0. The normalized spacial score (nSPS) is 8.43. The van der Waals surface area contributed by atoms with Crippen molar-refractivity contribution in [2.45, 2.75) is 74.7 Å². The molecule has 0 saturated heterocycles. The smallest absolute Gasteiger partial charge is 0.0656 e. The van der Waals surface area contributed by atoms with E-state index in [1.54, 1.807) is 18.6 Å². The van der Waals surface area contributed by atoms with E-state index >= 15 is 0 Å². The molecule has 2 aromatic rings. The lowest BCUT2D eigenvalue weighted by Gasteiger charge is -2.00. The van der Waals surface area contributed by atoms with Crippen molar-refractivity contribution in [1.29, 1.82) is 0 Å². The maximum atomic E-state index is 3.93. The van der Waals surface area contributed by atoms with Gasteiger partial charge in [-0.3, -0.25) is 0 Å². The van der Waals surface area contributed by atoms with E-state index in [0.29, 0.717) is 11.8 Å². The fourth-order valence-corrected chi connectivity index (χ4v) is 1.26. The molecule has 0 radical (unpaired) electrons. The molecule has 0 bridgehead atoms. The van der Waals surface area contributed by atoms with Crippen molar-refractivity contribution in [1.82, 2.24) is 20.4 Å². The monoisotopic (exact) mass is 320 g/mol. The fourth-order valence-electron chi connectivity index (χ4n) is 1.26. The summed E-state index contributed by atoms with van der Waals surface area (Å²) in [6, 6.07) is 5.87. The molecule has 0 aliphatic carbocycles. The van der Waals surface area contributed by atoms with Crippen LogP contribution in [0.3, 0.4) is 0 Å². The highest BCUT2D eigenvalue weighted by Crippen LogP contribution is 2.09. The fraction of sp³-hybridized carbons (Fsp3) is 0.579. The van der Waals surface area contributed by atoms with Gasteiger partial charge in [0.25, 0.3) is 0 Å². The van der Waals surface area contributed by atoms with Crippen LogP contribution in [0.25, 0.3) is 0 Å². The highest BCUT2D eigenvalue weighted by Gasteiger charge is 1.96. The van der Waals surface area contributed by atoms with Crippen molar-refractivity contribution in [2.24, 2.45) is 0 Å². The van der Waals surface area contributed by atoms with Crippen LogP contribution in [0.2, 0.25) is 0 Å². The Morgan fingerprint density at radius 3 is 1.61 bits per heavy atom. The van der Waals surface area contributed by atoms with Crippen LogP contribution in [0, 0.1) is 0 Å². The Labute approximate surface area is 143 Å². The molecule has 2 heterocycles. The first kappa shape index (κ1) is 26.1. The molecular formula is C19H36N4. The lowest BCUT2D eigenvalue weighted by molar-refractivity contribution is 0.785. The molecule has 0 aromatic carbocycles. The quantitative estimate of drug-likeness (QED) is 0.692. The van der Waals surface area contributed by atoms with E-state index in [0.717, 1.165) is 5.69 Å². The molecule has 0 amide bonds. The van der Waals surface area contributed by atoms with Gasteiger partial charge in [-0.1, -0.05) is 62.8 Å². The third-order valence-corrected chi connectivity index (χ3v) is 2.46. The summed E-state index contributed by atoms with van der Waals surface area (Å²) in [4.78, 5) is 0. The maximum Gasteiger partial charge on any atom is 0.0656 e. The van der Waals surface area contributed by atoms with Gasteiger partial charge in [0.1, 0.15) is 0 Å². The summed E-state index contributed by atoms with van der Waals surface area (Å²) in [7, 11) is 0. The molecule has 0 atom stereocenters. The van der Waals surface area contributed by atoms with Crippen LogP contribution in [-0.4, -0.2) is 20.4 Å². The van der Waals surface area contributed by atoms with Gasteiger partial charge in [-0.2, -0.15) is 20.4 Å². The minimum Gasteiger partial charge on any atom is -0.159 e. The number of hydrogen-bond donors (Lipinski definition) is 0. The average Bonchev–Trinajstić information content (AvgIpc) is 2.60. The average molecular weight is 321 g/mol. The van der Waals surface area contributed by atoms with Gasteiger partial charge in [0, 0.05) is 12.4 Å². The summed E-state index contributed by atoms with van der Waals surface area (Å²) in [5.41, 5.74) is 2.29.